The van der Waals surface area contributed by atoms with Crippen molar-refractivity contribution in [2.75, 3.05) is 12.3 Å². The molecule has 0 saturated heterocycles. The standard InChI is InChI=1S/C19H33NO5S2.CH4/c1-2-3-4-5-6-7-8-9-12-17(18-13-10-15-26-18)25-19(21)20-14-11-16-27(22,23)24;/h10,13,15,17H,2-9,11-12,14,16H2,1H3,(H,20,21)(H,22,23,24);1H4. The van der Waals surface area contributed by atoms with Crippen LogP contribution in [0.1, 0.15) is 89.5 Å². The highest BCUT2D eigenvalue weighted by Crippen LogP contribution is 2.28. The summed E-state index contributed by atoms with van der Waals surface area (Å²) in [6.07, 6.45) is 9.91. The summed E-state index contributed by atoms with van der Waals surface area (Å²) in [5, 5.41) is 4.51. The highest BCUT2D eigenvalue weighted by atomic mass is 32.2. The Morgan fingerprint density at radius 2 is 1.79 bits per heavy atom. The second kappa shape index (κ2) is 15.8. The van der Waals surface area contributed by atoms with Crippen molar-refractivity contribution in [3.8, 4) is 0 Å². The van der Waals surface area contributed by atoms with Gasteiger partial charge in [-0.3, -0.25) is 4.55 Å². The normalized spacial score (nSPS) is 12.2. The molecule has 1 rings (SSSR count). The lowest BCUT2D eigenvalue weighted by atomic mass is 10.1. The van der Waals surface area contributed by atoms with Crippen LogP contribution < -0.4 is 5.32 Å². The number of hydrogen-bond acceptors (Lipinski definition) is 5. The number of unbranched alkanes of at least 4 members (excludes halogenated alkanes) is 7. The molecule has 8 heteroatoms. The van der Waals surface area contributed by atoms with Gasteiger partial charge in [0.1, 0.15) is 6.10 Å². The van der Waals surface area contributed by atoms with Gasteiger partial charge in [0.15, 0.2) is 0 Å². The van der Waals surface area contributed by atoms with Gasteiger partial charge in [0.25, 0.3) is 10.1 Å². The molecule has 0 aliphatic carbocycles. The molecule has 0 saturated carbocycles. The van der Waals surface area contributed by atoms with E-state index in [4.69, 9.17) is 9.29 Å². The molecule has 0 aromatic carbocycles. The first-order valence-corrected chi connectivity index (χ1v) is 12.3. The van der Waals surface area contributed by atoms with E-state index in [9.17, 15) is 13.2 Å². The molecule has 6 nitrogen and oxygen atoms in total. The molecule has 0 aliphatic heterocycles. The van der Waals surface area contributed by atoms with E-state index < -0.39 is 16.2 Å². The van der Waals surface area contributed by atoms with Crippen molar-refractivity contribution in [1.82, 2.24) is 5.32 Å². The van der Waals surface area contributed by atoms with Gasteiger partial charge < -0.3 is 10.1 Å². The zero-order valence-corrected chi connectivity index (χ0v) is 17.8. The van der Waals surface area contributed by atoms with Crippen LogP contribution in [0, 0.1) is 0 Å². The van der Waals surface area contributed by atoms with Gasteiger partial charge in [-0.1, -0.05) is 65.4 Å². The maximum Gasteiger partial charge on any atom is 0.407 e. The number of carbonyl (C=O) groups is 1. The van der Waals surface area contributed by atoms with E-state index in [0.29, 0.717) is 0 Å². The molecule has 0 aliphatic rings. The molecule has 0 radical (unpaired) electrons. The fourth-order valence-electron chi connectivity index (χ4n) is 2.81. The average Bonchev–Trinajstić information content (AvgIpc) is 3.14. The minimum atomic E-state index is -4.00. The van der Waals surface area contributed by atoms with Crippen LogP contribution in [0.5, 0.6) is 0 Å². The molecule has 1 amide bonds. The Hall–Kier alpha value is -1.12. The summed E-state index contributed by atoms with van der Waals surface area (Å²) in [5.74, 6) is -0.375. The van der Waals surface area contributed by atoms with Crippen molar-refractivity contribution in [3.63, 3.8) is 0 Å². The van der Waals surface area contributed by atoms with Crippen LogP contribution in [0.15, 0.2) is 17.5 Å². The minimum absolute atomic E-state index is 0. The third-order valence-electron chi connectivity index (χ3n) is 4.28. The van der Waals surface area contributed by atoms with Crippen molar-refractivity contribution >= 4 is 27.5 Å². The topological polar surface area (TPSA) is 92.7 Å². The van der Waals surface area contributed by atoms with Gasteiger partial charge in [-0.2, -0.15) is 8.42 Å². The van der Waals surface area contributed by atoms with Gasteiger partial charge in [0.05, 0.1) is 5.75 Å². The molecule has 1 aromatic heterocycles. The summed E-state index contributed by atoms with van der Waals surface area (Å²) in [4.78, 5) is 13.0. The van der Waals surface area contributed by atoms with Crippen LogP contribution >= 0.6 is 11.3 Å². The van der Waals surface area contributed by atoms with Gasteiger partial charge in [0, 0.05) is 11.4 Å². The van der Waals surface area contributed by atoms with E-state index in [1.54, 1.807) is 11.3 Å². The number of hydrogen-bond donors (Lipinski definition) is 2. The van der Waals surface area contributed by atoms with Gasteiger partial charge >= 0.3 is 6.09 Å². The Kier molecular flexibility index (Phi) is 15.1. The summed E-state index contributed by atoms with van der Waals surface area (Å²) in [6.45, 7) is 2.36. The summed E-state index contributed by atoms with van der Waals surface area (Å²) < 4.78 is 35.6. The van der Waals surface area contributed by atoms with Crippen LogP contribution in [0.2, 0.25) is 0 Å². The number of carbonyl (C=O) groups excluding carboxylic acids is 1. The lowest BCUT2D eigenvalue weighted by molar-refractivity contribution is 0.0927. The quantitative estimate of drug-likeness (QED) is 0.262. The van der Waals surface area contributed by atoms with Gasteiger partial charge in [0.2, 0.25) is 0 Å². The third kappa shape index (κ3) is 14.0. The molecule has 164 valence electrons. The van der Waals surface area contributed by atoms with Crippen molar-refractivity contribution in [2.24, 2.45) is 0 Å². The van der Waals surface area contributed by atoms with Crippen LogP contribution in [0.25, 0.3) is 0 Å². The molecule has 28 heavy (non-hydrogen) atoms. The van der Waals surface area contributed by atoms with Gasteiger partial charge in [-0.25, -0.2) is 4.79 Å². The predicted molar refractivity (Wildman–Crippen MR) is 117 cm³/mol. The molecule has 0 spiro atoms. The van der Waals surface area contributed by atoms with Crippen molar-refractivity contribution in [3.05, 3.63) is 22.4 Å². The molecule has 1 heterocycles. The van der Waals surface area contributed by atoms with Gasteiger partial charge in [-0.15, -0.1) is 11.3 Å². The Balaban J connectivity index is 0.00000729. The van der Waals surface area contributed by atoms with Crippen LogP contribution in [-0.2, 0) is 14.9 Å². The number of nitrogens with one attached hydrogen (secondary N) is 1. The Labute approximate surface area is 174 Å². The maximum absolute atomic E-state index is 12.0. The SMILES string of the molecule is C.CCCCCCCCCCC(OC(=O)NCCCS(=O)(=O)O)c1cccs1. The second-order valence-electron chi connectivity index (χ2n) is 6.74. The van der Waals surface area contributed by atoms with Crippen LogP contribution in [-0.4, -0.2) is 31.4 Å². The number of amides is 1. The largest absolute Gasteiger partial charge is 0.441 e. The van der Waals surface area contributed by atoms with E-state index in [1.165, 1.54) is 38.5 Å². The maximum atomic E-state index is 12.0. The minimum Gasteiger partial charge on any atom is -0.441 e. The molecular formula is C20H37NO5S2. The fraction of sp³-hybridized carbons (Fsp3) is 0.750. The lowest BCUT2D eigenvalue weighted by Gasteiger charge is -2.17. The van der Waals surface area contributed by atoms with Crippen molar-refractivity contribution in [2.45, 2.75) is 84.7 Å². The smallest absolute Gasteiger partial charge is 0.407 e. The molecule has 1 unspecified atom stereocenters. The average molecular weight is 436 g/mol. The fourth-order valence-corrected chi connectivity index (χ4v) is 4.11. The molecule has 0 bridgehead atoms. The van der Waals surface area contributed by atoms with Crippen LogP contribution in [0.3, 0.4) is 0 Å². The first-order chi connectivity index (χ1) is 12.9. The lowest BCUT2D eigenvalue weighted by Crippen LogP contribution is -2.28. The summed E-state index contributed by atoms with van der Waals surface area (Å²) in [7, 11) is -4.00. The molecular weight excluding hydrogens is 398 g/mol. The number of alkyl carbamates (subject to hydrolysis) is 1. The first kappa shape index (κ1) is 26.9. The highest BCUT2D eigenvalue weighted by molar-refractivity contribution is 7.85. The van der Waals surface area contributed by atoms with E-state index in [1.807, 2.05) is 17.5 Å². The summed E-state index contributed by atoms with van der Waals surface area (Å²) in [6, 6.07) is 3.90. The molecule has 2 N–H and O–H groups in total. The Bertz CT molecular complexity index is 602. The van der Waals surface area contributed by atoms with Crippen molar-refractivity contribution in [1.29, 1.82) is 0 Å². The van der Waals surface area contributed by atoms with E-state index in [2.05, 4.69) is 12.2 Å². The first-order valence-electron chi connectivity index (χ1n) is 9.85. The zero-order valence-electron chi connectivity index (χ0n) is 16.2. The van der Waals surface area contributed by atoms with E-state index in [-0.39, 0.29) is 32.2 Å². The van der Waals surface area contributed by atoms with Crippen LogP contribution in [0.4, 0.5) is 4.79 Å². The summed E-state index contributed by atoms with van der Waals surface area (Å²) >= 11 is 1.56. The molecule has 1 atom stereocenters. The zero-order chi connectivity index (χ0) is 20.0. The highest BCUT2D eigenvalue weighted by Gasteiger charge is 2.17. The Morgan fingerprint density at radius 1 is 1.14 bits per heavy atom. The molecule has 0 fully saturated rings. The second-order valence-corrected chi connectivity index (χ2v) is 9.29. The van der Waals surface area contributed by atoms with Crippen molar-refractivity contribution < 1.29 is 22.5 Å². The predicted octanol–water partition coefficient (Wildman–Crippen LogP) is 5.96. The van der Waals surface area contributed by atoms with E-state index in [0.717, 1.165) is 24.1 Å². The summed E-state index contributed by atoms with van der Waals surface area (Å²) in [5.41, 5.74) is 0. The monoisotopic (exact) mass is 435 g/mol. The third-order valence-corrected chi connectivity index (χ3v) is 6.05. The van der Waals surface area contributed by atoms with E-state index >= 15 is 0 Å². The molecule has 1 aromatic rings. The van der Waals surface area contributed by atoms with Gasteiger partial charge in [-0.05, 0) is 30.7 Å². The Morgan fingerprint density at radius 3 is 2.36 bits per heavy atom. The number of thiophene rings is 1. The number of ether oxygens (including phenoxy) is 1. The number of rotatable bonds is 15.